The maximum atomic E-state index is 14.1. The van der Waals surface area contributed by atoms with Gasteiger partial charge in [-0.25, -0.2) is 8.78 Å². The highest BCUT2D eigenvalue weighted by atomic mass is 19.2. The Hall–Kier alpha value is -3.90. The summed E-state index contributed by atoms with van der Waals surface area (Å²) in [5.74, 6) is -2.41. The maximum Gasteiger partial charge on any atom is 0.223 e. The van der Waals surface area contributed by atoms with Crippen LogP contribution in [-0.4, -0.2) is 47.0 Å². The molecule has 0 saturated carbocycles. The number of nitrogens with zero attached hydrogens (tertiary/aromatic N) is 5. The Morgan fingerprint density at radius 2 is 1.87 bits per heavy atom. The van der Waals surface area contributed by atoms with E-state index in [4.69, 9.17) is 5.26 Å². The predicted molar refractivity (Wildman–Crippen MR) is 139 cm³/mol. The summed E-state index contributed by atoms with van der Waals surface area (Å²) in [6.45, 7) is 9.91. The van der Waals surface area contributed by atoms with Crippen LogP contribution in [0.2, 0.25) is 0 Å². The molecule has 1 amide bonds. The molecule has 5 rings (SSSR count). The lowest BCUT2D eigenvalue weighted by atomic mass is 9.72. The number of likely N-dealkylation sites (tertiary alicyclic amines) is 1. The molecule has 2 aliphatic rings. The molecule has 4 heterocycles. The van der Waals surface area contributed by atoms with Crippen molar-refractivity contribution in [3.8, 4) is 6.07 Å². The van der Waals surface area contributed by atoms with Crippen molar-refractivity contribution in [1.82, 2.24) is 20.2 Å². The number of carbonyl (C=O) groups excluding carboxylic acids is 1. The first kappa shape index (κ1) is 25.7. The molecule has 1 spiro atoms. The molecule has 0 unspecified atom stereocenters. The lowest BCUT2D eigenvalue weighted by Crippen LogP contribution is -2.72. The Morgan fingerprint density at radius 3 is 2.50 bits per heavy atom. The van der Waals surface area contributed by atoms with E-state index in [1.54, 1.807) is 39.4 Å². The van der Waals surface area contributed by atoms with Crippen LogP contribution in [-0.2, 0) is 16.9 Å². The van der Waals surface area contributed by atoms with E-state index in [0.717, 1.165) is 56.1 Å². The van der Waals surface area contributed by atoms with Gasteiger partial charge >= 0.3 is 0 Å². The number of amides is 1. The van der Waals surface area contributed by atoms with Crippen molar-refractivity contribution in [2.75, 3.05) is 31.1 Å². The van der Waals surface area contributed by atoms with Crippen LogP contribution in [0.4, 0.5) is 14.5 Å². The third-order valence-electron chi connectivity index (χ3n) is 7.53. The summed E-state index contributed by atoms with van der Waals surface area (Å²) in [4.78, 5) is 26.0. The fourth-order valence-corrected chi connectivity index (χ4v) is 5.38. The molecular weight excluding hydrogens is 486 g/mol. The van der Waals surface area contributed by atoms with Crippen LogP contribution in [0.5, 0.6) is 0 Å². The van der Waals surface area contributed by atoms with Crippen molar-refractivity contribution >= 4 is 11.6 Å². The van der Waals surface area contributed by atoms with Gasteiger partial charge in [-0.2, -0.15) is 5.26 Å². The highest BCUT2D eigenvalue weighted by molar-refractivity contribution is 5.79. The molecule has 2 saturated heterocycles. The molecule has 2 fully saturated rings. The van der Waals surface area contributed by atoms with Gasteiger partial charge in [0.25, 0.3) is 0 Å². The predicted octanol–water partition coefficient (Wildman–Crippen LogP) is 3.98. The van der Waals surface area contributed by atoms with Crippen LogP contribution >= 0.6 is 0 Å². The zero-order chi connectivity index (χ0) is 27.1. The quantitative estimate of drug-likeness (QED) is 0.511. The third-order valence-corrected chi connectivity index (χ3v) is 7.53. The molecule has 196 valence electrons. The molecule has 2 aliphatic heterocycles. The number of nitriles is 1. The molecular formula is C29H30F2N6O. The normalized spacial score (nSPS) is 17.9. The van der Waals surface area contributed by atoms with Crippen LogP contribution in [0.15, 0.2) is 55.0 Å². The number of hydrogen-bond donors (Lipinski definition) is 1. The fourth-order valence-electron chi connectivity index (χ4n) is 5.38. The number of aromatic nitrogens is 2. The van der Waals surface area contributed by atoms with Crippen molar-refractivity contribution in [3.05, 3.63) is 89.0 Å². The average Bonchev–Trinajstić information content (AvgIpc) is 2.86. The minimum absolute atomic E-state index is 0.210. The first-order valence-corrected chi connectivity index (χ1v) is 12.7. The van der Waals surface area contributed by atoms with Crippen LogP contribution in [0.25, 0.3) is 0 Å². The van der Waals surface area contributed by atoms with E-state index in [-0.39, 0.29) is 17.2 Å². The van der Waals surface area contributed by atoms with Crippen LogP contribution < -0.4 is 10.2 Å². The molecule has 0 aliphatic carbocycles. The molecule has 0 radical (unpaired) electrons. The van der Waals surface area contributed by atoms with Gasteiger partial charge in [0, 0.05) is 56.5 Å². The van der Waals surface area contributed by atoms with Gasteiger partial charge in [0.15, 0.2) is 11.6 Å². The summed E-state index contributed by atoms with van der Waals surface area (Å²) in [7, 11) is 0. The Labute approximate surface area is 221 Å². The standard InChI is InChI=1S/C29H30F2N6O/c1-19(2)27(38)35-28(3,22-5-6-24(30)25(31)9-22)26-7-4-20(12-34-26)14-36-15-29(16-36)17-37(18-29)23-8-21(10-32)11-33-13-23/h4-9,11-13,19H,14-18H2,1-3H3,(H,35,38)/t28-/m1/s1. The fraction of sp³-hybridized carbons (Fsp3) is 0.379. The number of anilines is 1. The number of carbonyl (C=O) groups is 1. The maximum absolute atomic E-state index is 14.1. The minimum Gasteiger partial charge on any atom is -0.369 e. The lowest BCUT2D eigenvalue weighted by Gasteiger charge is -2.61. The molecule has 2 aromatic heterocycles. The zero-order valence-electron chi connectivity index (χ0n) is 21.7. The number of rotatable bonds is 7. The minimum atomic E-state index is -1.12. The highest BCUT2D eigenvalue weighted by Crippen LogP contribution is 2.42. The highest BCUT2D eigenvalue weighted by Gasteiger charge is 2.51. The Bertz CT molecular complexity index is 1390. The van der Waals surface area contributed by atoms with Crippen LogP contribution in [0, 0.1) is 34.3 Å². The first-order chi connectivity index (χ1) is 18.1. The molecule has 3 aromatic rings. The monoisotopic (exact) mass is 516 g/mol. The van der Waals surface area contributed by atoms with Crippen molar-refractivity contribution in [3.63, 3.8) is 0 Å². The van der Waals surface area contributed by atoms with Crippen molar-refractivity contribution in [1.29, 1.82) is 5.26 Å². The number of halogens is 2. The molecule has 38 heavy (non-hydrogen) atoms. The summed E-state index contributed by atoms with van der Waals surface area (Å²) in [6, 6.07) is 11.5. The lowest BCUT2D eigenvalue weighted by molar-refractivity contribution is -0.125. The van der Waals surface area contributed by atoms with Gasteiger partial charge in [-0.1, -0.05) is 26.0 Å². The first-order valence-electron chi connectivity index (χ1n) is 12.7. The van der Waals surface area contributed by atoms with E-state index in [1.807, 2.05) is 18.2 Å². The van der Waals surface area contributed by atoms with Gasteiger partial charge in [0.1, 0.15) is 11.6 Å². The van der Waals surface area contributed by atoms with Crippen molar-refractivity contribution in [2.24, 2.45) is 11.3 Å². The van der Waals surface area contributed by atoms with Gasteiger partial charge in [0.05, 0.1) is 23.1 Å². The van der Waals surface area contributed by atoms with Gasteiger partial charge in [-0.15, -0.1) is 0 Å². The summed E-state index contributed by atoms with van der Waals surface area (Å²) in [5.41, 5.74) is 2.70. The summed E-state index contributed by atoms with van der Waals surface area (Å²) in [6.07, 6.45) is 5.16. The second kappa shape index (κ2) is 9.76. The topological polar surface area (TPSA) is 85.2 Å². The van der Waals surface area contributed by atoms with E-state index >= 15 is 0 Å². The van der Waals surface area contributed by atoms with E-state index < -0.39 is 17.2 Å². The van der Waals surface area contributed by atoms with E-state index in [2.05, 4.69) is 31.2 Å². The van der Waals surface area contributed by atoms with Gasteiger partial charge in [-0.3, -0.25) is 19.7 Å². The van der Waals surface area contributed by atoms with Crippen LogP contribution in [0.3, 0.4) is 0 Å². The number of hydrogen-bond acceptors (Lipinski definition) is 6. The van der Waals surface area contributed by atoms with Crippen LogP contribution in [0.1, 0.15) is 43.2 Å². The second-order valence-corrected chi connectivity index (χ2v) is 11.0. The van der Waals surface area contributed by atoms with Gasteiger partial charge < -0.3 is 10.2 Å². The molecule has 0 bridgehead atoms. The summed E-state index contributed by atoms with van der Waals surface area (Å²) in [5, 5.41) is 12.1. The SMILES string of the molecule is CC(C)C(=O)N[C@](C)(c1ccc(F)c(F)c1)c1ccc(CN2CC3(C2)CN(c2cncc(C#N)c2)C3)cn1. The smallest absolute Gasteiger partial charge is 0.223 e. The van der Waals surface area contributed by atoms with E-state index in [0.29, 0.717) is 16.8 Å². The largest absolute Gasteiger partial charge is 0.369 e. The summed E-state index contributed by atoms with van der Waals surface area (Å²) < 4.78 is 27.7. The second-order valence-electron chi connectivity index (χ2n) is 11.0. The van der Waals surface area contributed by atoms with E-state index in [1.165, 1.54) is 6.07 Å². The van der Waals surface area contributed by atoms with Gasteiger partial charge in [-0.05, 0) is 42.3 Å². The Kier molecular flexibility index (Phi) is 6.61. The molecule has 1 aromatic carbocycles. The number of pyridine rings is 2. The van der Waals surface area contributed by atoms with Crippen molar-refractivity contribution < 1.29 is 13.6 Å². The zero-order valence-corrected chi connectivity index (χ0v) is 21.7. The third kappa shape index (κ3) is 4.84. The van der Waals surface area contributed by atoms with E-state index in [9.17, 15) is 13.6 Å². The van der Waals surface area contributed by atoms with Crippen molar-refractivity contribution in [2.45, 2.75) is 32.9 Å². The molecule has 7 nitrogen and oxygen atoms in total. The Morgan fingerprint density at radius 1 is 1.11 bits per heavy atom. The molecule has 9 heteroatoms. The number of nitrogens with one attached hydrogen (secondary N) is 1. The molecule has 1 atom stereocenters. The number of benzene rings is 1. The average molecular weight is 517 g/mol. The van der Waals surface area contributed by atoms with Gasteiger partial charge in [0.2, 0.25) is 5.91 Å². The summed E-state index contributed by atoms with van der Waals surface area (Å²) >= 11 is 0. The Balaban J connectivity index is 1.24. The molecule has 1 N–H and O–H groups in total.